The summed E-state index contributed by atoms with van der Waals surface area (Å²) in [6.45, 7) is 0.0541. The van der Waals surface area contributed by atoms with Gasteiger partial charge in [0.15, 0.2) is 0 Å². The van der Waals surface area contributed by atoms with Crippen LogP contribution in [0.15, 0.2) is 29.3 Å². The molecule has 0 radical (unpaired) electrons. The zero-order valence-corrected chi connectivity index (χ0v) is 12.6. The molecule has 0 saturated carbocycles. The summed E-state index contributed by atoms with van der Waals surface area (Å²) >= 11 is 0. The molecule has 0 bridgehead atoms. The number of halogens is 3. The van der Waals surface area contributed by atoms with E-state index in [1.807, 2.05) is 0 Å². The van der Waals surface area contributed by atoms with E-state index >= 15 is 0 Å². The fourth-order valence-electron chi connectivity index (χ4n) is 2.43. The quantitative estimate of drug-likeness (QED) is 0.766. The fraction of sp³-hybridized carbons (Fsp3) is 0.267. The first kappa shape index (κ1) is 16.2. The highest BCUT2D eigenvalue weighted by Crippen LogP contribution is 2.28. The molecule has 9 heteroatoms. The van der Waals surface area contributed by atoms with E-state index < -0.39 is 12.7 Å². The minimum absolute atomic E-state index is 0.239. The maximum Gasteiger partial charge on any atom is 0.408 e. The summed E-state index contributed by atoms with van der Waals surface area (Å²) in [6, 6.07) is 3.19. The molecule has 126 valence electrons. The molecule has 0 saturated heterocycles. The zero-order valence-electron chi connectivity index (χ0n) is 12.6. The van der Waals surface area contributed by atoms with Gasteiger partial charge in [-0.3, -0.25) is 9.48 Å². The molecule has 2 N–H and O–H groups in total. The molecule has 0 atom stereocenters. The third-order valence-corrected chi connectivity index (χ3v) is 3.49. The van der Waals surface area contributed by atoms with Crippen LogP contribution in [0.25, 0.3) is 22.2 Å². The molecule has 3 aromatic rings. The fourth-order valence-corrected chi connectivity index (χ4v) is 2.43. The molecule has 0 unspecified atom stereocenters. The number of aliphatic hydroxyl groups is 1. The van der Waals surface area contributed by atoms with Crippen LogP contribution >= 0.6 is 0 Å². The van der Waals surface area contributed by atoms with Crippen LogP contribution < -0.4 is 5.56 Å². The Morgan fingerprint density at radius 3 is 2.75 bits per heavy atom. The molecule has 0 spiro atoms. The topological polar surface area (TPSA) is 83.8 Å². The standard InChI is InChI=1S/C15H13F3N4O2/c1-8-14(24)21-12-3-9(6-23)2-11(13(12)20-8)10-4-19-22(5-10)7-15(16,17)18/h2-5,23H,6-7H2,1H3,(H,21,24). The minimum Gasteiger partial charge on any atom is -0.392 e. The van der Waals surface area contributed by atoms with Crippen LogP contribution in [-0.4, -0.2) is 31.0 Å². The third kappa shape index (κ3) is 3.16. The lowest BCUT2D eigenvalue weighted by Crippen LogP contribution is -2.17. The van der Waals surface area contributed by atoms with Gasteiger partial charge in [0.05, 0.1) is 23.8 Å². The first-order chi connectivity index (χ1) is 11.3. The number of hydrogen-bond donors (Lipinski definition) is 2. The van der Waals surface area contributed by atoms with Gasteiger partial charge in [0.1, 0.15) is 12.2 Å². The summed E-state index contributed by atoms with van der Waals surface area (Å²) in [5.74, 6) is 0. The van der Waals surface area contributed by atoms with Crippen LogP contribution in [0.5, 0.6) is 0 Å². The Morgan fingerprint density at radius 2 is 2.08 bits per heavy atom. The number of H-pyrrole nitrogens is 1. The van der Waals surface area contributed by atoms with Crippen molar-refractivity contribution in [3.8, 4) is 11.1 Å². The van der Waals surface area contributed by atoms with Crippen molar-refractivity contribution in [3.05, 3.63) is 46.1 Å². The Labute approximate surface area is 133 Å². The average molecular weight is 338 g/mol. The first-order valence-electron chi connectivity index (χ1n) is 7.01. The van der Waals surface area contributed by atoms with Gasteiger partial charge in [-0.05, 0) is 24.6 Å². The molecule has 0 aliphatic rings. The van der Waals surface area contributed by atoms with Gasteiger partial charge in [-0.1, -0.05) is 0 Å². The van der Waals surface area contributed by atoms with Crippen molar-refractivity contribution in [2.75, 3.05) is 0 Å². The number of nitrogens with zero attached hydrogens (tertiary/aromatic N) is 3. The van der Waals surface area contributed by atoms with Gasteiger partial charge in [0.25, 0.3) is 5.56 Å². The average Bonchev–Trinajstić information content (AvgIpc) is 2.93. The smallest absolute Gasteiger partial charge is 0.392 e. The van der Waals surface area contributed by atoms with Crippen LogP contribution in [0.4, 0.5) is 13.2 Å². The summed E-state index contributed by atoms with van der Waals surface area (Å²) in [5, 5.41) is 13.1. The molecule has 6 nitrogen and oxygen atoms in total. The Morgan fingerprint density at radius 1 is 1.33 bits per heavy atom. The van der Waals surface area contributed by atoms with Gasteiger partial charge in [-0.2, -0.15) is 18.3 Å². The number of aryl methyl sites for hydroxylation is 1. The molecule has 0 aliphatic carbocycles. The van der Waals surface area contributed by atoms with Gasteiger partial charge < -0.3 is 10.1 Å². The lowest BCUT2D eigenvalue weighted by molar-refractivity contribution is -0.142. The van der Waals surface area contributed by atoms with Crippen molar-refractivity contribution in [3.63, 3.8) is 0 Å². The third-order valence-electron chi connectivity index (χ3n) is 3.49. The van der Waals surface area contributed by atoms with Gasteiger partial charge in [0.2, 0.25) is 0 Å². The SMILES string of the molecule is Cc1nc2c(-c3cnn(CC(F)(F)F)c3)cc(CO)cc2[nH]c1=O. The lowest BCUT2D eigenvalue weighted by Gasteiger charge is -2.08. The van der Waals surface area contributed by atoms with Crippen molar-refractivity contribution in [2.24, 2.45) is 0 Å². The molecule has 3 rings (SSSR count). The van der Waals surface area contributed by atoms with E-state index in [2.05, 4.69) is 15.1 Å². The summed E-state index contributed by atoms with van der Waals surface area (Å²) < 4.78 is 38.2. The number of fused-ring (bicyclic) bond motifs is 1. The summed E-state index contributed by atoms with van der Waals surface area (Å²) in [7, 11) is 0. The maximum atomic E-state index is 12.5. The summed E-state index contributed by atoms with van der Waals surface area (Å²) in [6.07, 6.45) is -1.83. The monoisotopic (exact) mass is 338 g/mol. The molecule has 2 aromatic heterocycles. The van der Waals surface area contributed by atoms with Crippen LogP contribution in [0.3, 0.4) is 0 Å². The van der Waals surface area contributed by atoms with Crippen molar-refractivity contribution in [1.29, 1.82) is 0 Å². The number of aromatic nitrogens is 4. The minimum atomic E-state index is -4.38. The van der Waals surface area contributed by atoms with Gasteiger partial charge >= 0.3 is 6.18 Å². The Kier molecular flexibility index (Phi) is 3.88. The molecular weight excluding hydrogens is 325 g/mol. The van der Waals surface area contributed by atoms with Crippen molar-refractivity contribution < 1.29 is 18.3 Å². The summed E-state index contributed by atoms with van der Waals surface area (Å²) in [4.78, 5) is 18.6. The number of alkyl halides is 3. The van der Waals surface area contributed by atoms with Crippen molar-refractivity contribution in [1.82, 2.24) is 19.7 Å². The van der Waals surface area contributed by atoms with Gasteiger partial charge in [-0.25, -0.2) is 4.98 Å². The Bertz CT molecular complexity index is 959. The van der Waals surface area contributed by atoms with Crippen LogP contribution in [0.2, 0.25) is 0 Å². The highest BCUT2D eigenvalue weighted by molar-refractivity contribution is 5.91. The maximum absolute atomic E-state index is 12.5. The van der Waals surface area contributed by atoms with Gasteiger partial charge in [0, 0.05) is 17.3 Å². The van der Waals surface area contributed by atoms with E-state index in [1.165, 1.54) is 19.3 Å². The van der Waals surface area contributed by atoms with Crippen LogP contribution in [0.1, 0.15) is 11.3 Å². The highest BCUT2D eigenvalue weighted by Gasteiger charge is 2.28. The van der Waals surface area contributed by atoms with E-state index in [0.29, 0.717) is 27.7 Å². The van der Waals surface area contributed by atoms with E-state index in [-0.39, 0.29) is 17.9 Å². The Hall–Kier alpha value is -2.68. The molecule has 0 fully saturated rings. The van der Waals surface area contributed by atoms with Crippen molar-refractivity contribution >= 4 is 11.0 Å². The van der Waals surface area contributed by atoms with Gasteiger partial charge in [-0.15, -0.1) is 0 Å². The number of aliphatic hydroxyl groups excluding tert-OH is 1. The molecule has 0 aliphatic heterocycles. The highest BCUT2D eigenvalue weighted by atomic mass is 19.4. The zero-order chi connectivity index (χ0) is 17.5. The van der Waals surface area contributed by atoms with Crippen LogP contribution in [-0.2, 0) is 13.2 Å². The number of nitrogens with one attached hydrogen (secondary N) is 1. The molecule has 2 heterocycles. The predicted molar refractivity (Wildman–Crippen MR) is 80.3 cm³/mol. The lowest BCUT2D eigenvalue weighted by atomic mass is 10.0. The molecule has 0 amide bonds. The number of rotatable bonds is 3. The van der Waals surface area contributed by atoms with E-state index in [4.69, 9.17) is 0 Å². The van der Waals surface area contributed by atoms with Crippen LogP contribution in [0, 0.1) is 6.92 Å². The molecular formula is C15H13F3N4O2. The molecule has 24 heavy (non-hydrogen) atoms. The normalized spacial score (nSPS) is 12.0. The van der Waals surface area contributed by atoms with Crippen molar-refractivity contribution in [2.45, 2.75) is 26.3 Å². The predicted octanol–water partition coefficient (Wildman–Crippen LogP) is 2.15. The number of hydrogen-bond acceptors (Lipinski definition) is 4. The van der Waals surface area contributed by atoms with E-state index in [0.717, 1.165) is 4.68 Å². The second-order valence-corrected chi connectivity index (χ2v) is 5.39. The second-order valence-electron chi connectivity index (χ2n) is 5.39. The largest absolute Gasteiger partial charge is 0.408 e. The molecule has 1 aromatic carbocycles. The van der Waals surface area contributed by atoms with E-state index in [9.17, 15) is 23.1 Å². The number of benzene rings is 1. The summed E-state index contributed by atoms with van der Waals surface area (Å²) in [5.41, 5.74) is 2.11. The number of aromatic amines is 1. The second kappa shape index (κ2) is 5.75. The first-order valence-corrected chi connectivity index (χ1v) is 7.01. The van der Waals surface area contributed by atoms with E-state index in [1.54, 1.807) is 12.1 Å². The Balaban J connectivity index is 2.18.